The first-order valence-corrected chi connectivity index (χ1v) is 49.8. The van der Waals surface area contributed by atoms with Gasteiger partial charge in [0.1, 0.15) is 49.9 Å². The average molecular weight is 1930 g/mol. The maximum Gasteiger partial charge on any atom is 0.165 e. The SMILES string of the molecule is Cc1cc(Nc2cc(C3CCCNC3)nc3c(-c4cnn(C)c4)cnn23)sn1.Cc1cc(Nc2cc(C3CCCNC3)nc3c(-c4cnn(C)c4)cnn23)sn1.Cc1cc(Nc2cc(C3CCCNC3)nc3c(-c4cnn(C)c4)cnn23)sn1.Cn1cc(-c2cnn3c(Nc4ccccn4)cc(C4CCCNC4)nc23)cn1.Cn1cc(-c2cnn3c(Nc4cccnc4)cc(C4CCCNC4)nc23)cn1. The van der Waals surface area contributed by atoms with Crippen LogP contribution in [0.15, 0.2) is 190 Å². The monoisotopic (exact) mass is 1930 g/mol. The summed E-state index contributed by atoms with van der Waals surface area (Å²) in [4.78, 5) is 33.7. The number of hydrogen-bond acceptors (Lipinski definition) is 33. The van der Waals surface area contributed by atoms with Gasteiger partial charge in [-0.3, -0.25) is 28.4 Å². The maximum atomic E-state index is 5.02. The summed E-state index contributed by atoms with van der Waals surface area (Å²) in [5, 5.41) is 82.3. The molecule has 716 valence electrons. The Morgan fingerprint density at radius 3 is 0.814 bits per heavy atom. The highest BCUT2D eigenvalue weighted by molar-refractivity contribution is 7.10. The second-order valence-electron chi connectivity index (χ2n) is 36.1. The number of nitrogens with one attached hydrogen (secondary N) is 10. The molecule has 0 amide bonds. The normalized spacial score (nSPS) is 17.2. The molecule has 43 heteroatoms. The number of pyridine rings is 2. The van der Waals surface area contributed by atoms with E-state index in [0.717, 1.165) is 295 Å². The van der Waals surface area contributed by atoms with Crippen molar-refractivity contribution in [2.45, 2.75) is 115 Å². The molecule has 5 fully saturated rings. The third-order valence-corrected chi connectivity index (χ3v) is 28.0. The van der Waals surface area contributed by atoms with Crippen LogP contribution >= 0.6 is 34.6 Å². The van der Waals surface area contributed by atoms with E-state index in [2.05, 4.69) is 158 Å². The quantitative estimate of drug-likeness (QED) is 0.0339. The van der Waals surface area contributed by atoms with E-state index in [9.17, 15) is 0 Å². The van der Waals surface area contributed by atoms with Crippen molar-refractivity contribution in [2.75, 3.05) is 92.0 Å². The summed E-state index contributed by atoms with van der Waals surface area (Å²) in [5.74, 6) is 7.23. The molecule has 5 atom stereocenters. The van der Waals surface area contributed by atoms with Crippen LogP contribution in [0.1, 0.15) is 139 Å². The van der Waals surface area contributed by atoms with Gasteiger partial charge in [-0.05, 0) is 195 Å². The van der Waals surface area contributed by atoms with E-state index in [1.54, 1.807) is 42.0 Å². The van der Waals surface area contributed by atoms with Gasteiger partial charge in [-0.15, -0.1) is 0 Å². The Morgan fingerprint density at radius 2 is 0.586 bits per heavy atom. The number of aromatic nitrogens is 30. The Morgan fingerprint density at radius 1 is 0.300 bits per heavy atom. The summed E-state index contributed by atoms with van der Waals surface area (Å²) in [6.07, 6.45) is 45.4. The Bertz CT molecular complexity index is 7010. The number of piperidine rings is 5. The van der Waals surface area contributed by atoms with Crippen LogP contribution in [0.2, 0.25) is 0 Å². The van der Waals surface area contributed by atoms with Gasteiger partial charge in [-0.25, -0.2) is 29.9 Å². The molecule has 0 aliphatic carbocycles. The van der Waals surface area contributed by atoms with Crippen LogP contribution in [0, 0.1) is 20.8 Å². The molecule has 40 nitrogen and oxygen atoms in total. The first kappa shape index (κ1) is 91.5. The van der Waals surface area contributed by atoms with Crippen molar-refractivity contribution < 1.29 is 0 Å². The minimum Gasteiger partial charge on any atom is -0.339 e. The van der Waals surface area contributed by atoms with Crippen LogP contribution in [-0.2, 0) is 35.2 Å². The Hall–Kier alpha value is -14.9. The lowest BCUT2D eigenvalue weighted by molar-refractivity contribution is 0.455. The molecule has 140 heavy (non-hydrogen) atoms. The van der Waals surface area contributed by atoms with Crippen molar-refractivity contribution in [1.29, 1.82) is 0 Å². The average Bonchev–Trinajstić information content (AvgIpc) is 1.63. The molecule has 25 rings (SSSR count). The molecular weight excluding hydrogens is 1820 g/mol. The molecular formula is C97H110N40S3. The lowest BCUT2D eigenvalue weighted by Gasteiger charge is -2.23. The summed E-state index contributed by atoms with van der Waals surface area (Å²) < 4.78 is 31.4. The Balaban J connectivity index is 0.000000104. The van der Waals surface area contributed by atoms with Gasteiger partial charge >= 0.3 is 0 Å². The number of hydrogen-bond donors (Lipinski definition) is 10. The highest BCUT2D eigenvalue weighted by atomic mass is 32.1. The highest BCUT2D eigenvalue weighted by Crippen LogP contribution is 2.40. The minimum absolute atomic E-state index is 0.389. The summed E-state index contributed by atoms with van der Waals surface area (Å²) in [7, 11) is 9.58. The minimum atomic E-state index is 0.389. The van der Waals surface area contributed by atoms with Crippen molar-refractivity contribution in [3.05, 3.63) is 236 Å². The van der Waals surface area contributed by atoms with Gasteiger partial charge in [0.2, 0.25) is 0 Å². The lowest BCUT2D eigenvalue weighted by Crippen LogP contribution is -2.29. The van der Waals surface area contributed by atoms with Crippen molar-refractivity contribution >= 4 is 118 Å². The van der Waals surface area contributed by atoms with Gasteiger partial charge in [0.25, 0.3) is 0 Å². The molecule has 0 bridgehead atoms. The van der Waals surface area contributed by atoms with Crippen LogP contribution in [0.4, 0.5) is 55.6 Å². The van der Waals surface area contributed by atoms with Crippen molar-refractivity contribution in [2.24, 2.45) is 35.2 Å². The summed E-state index contributed by atoms with van der Waals surface area (Å²) in [6, 6.07) is 26.4. The molecule has 5 unspecified atom stereocenters. The van der Waals surface area contributed by atoms with Gasteiger partial charge in [-0.2, -0.15) is 86.7 Å². The number of nitrogens with zero attached hydrogens (tertiary/aromatic N) is 30. The summed E-state index contributed by atoms with van der Waals surface area (Å²) >= 11 is 4.36. The van der Waals surface area contributed by atoms with Crippen LogP contribution < -0.4 is 53.2 Å². The van der Waals surface area contributed by atoms with Gasteiger partial charge in [0.15, 0.2) is 28.2 Å². The molecule has 5 aliphatic heterocycles. The van der Waals surface area contributed by atoms with E-state index in [-0.39, 0.29) is 0 Å². The zero-order chi connectivity index (χ0) is 95.1. The number of aryl methyl sites for hydroxylation is 8. The number of rotatable bonds is 20. The lowest BCUT2D eigenvalue weighted by atomic mass is 9.96. The van der Waals surface area contributed by atoms with Crippen molar-refractivity contribution in [3.8, 4) is 55.6 Å². The number of fused-ring (bicyclic) bond motifs is 5. The van der Waals surface area contributed by atoms with Crippen LogP contribution in [0.25, 0.3) is 83.9 Å². The smallest absolute Gasteiger partial charge is 0.165 e. The molecule has 5 saturated heterocycles. The van der Waals surface area contributed by atoms with Gasteiger partial charge in [0.05, 0.1) is 119 Å². The second-order valence-corrected chi connectivity index (χ2v) is 38.5. The molecule has 20 aromatic heterocycles. The molecule has 0 spiro atoms. The van der Waals surface area contributed by atoms with Gasteiger partial charge in [-0.1, -0.05) is 6.07 Å². The van der Waals surface area contributed by atoms with Crippen LogP contribution in [-0.4, -0.2) is 210 Å². The van der Waals surface area contributed by atoms with E-state index in [0.29, 0.717) is 29.6 Å². The van der Waals surface area contributed by atoms with E-state index in [4.69, 9.17) is 24.9 Å². The Kier molecular flexibility index (Phi) is 27.1. The fourth-order valence-electron chi connectivity index (χ4n) is 18.5. The maximum absolute atomic E-state index is 5.02. The molecule has 5 aliphatic rings. The first-order chi connectivity index (χ1) is 68.6. The van der Waals surface area contributed by atoms with Crippen molar-refractivity contribution in [3.63, 3.8) is 0 Å². The molecule has 0 radical (unpaired) electrons. The largest absolute Gasteiger partial charge is 0.339 e. The predicted molar refractivity (Wildman–Crippen MR) is 546 cm³/mol. The fraction of sp³-hybridized carbons (Fsp3) is 0.340. The van der Waals surface area contributed by atoms with E-state index < -0.39 is 0 Å². The molecule has 10 N–H and O–H groups in total. The third kappa shape index (κ3) is 20.7. The molecule has 0 aromatic carbocycles. The predicted octanol–water partition coefficient (Wildman–Crippen LogP) is 14.8. The molecule has 25 heterocycles. The fourth-order valence-corrected chi connectivity index (χ4v) is 20.5. The Labute approximate surface area is 818 Å². The third-order valence-electron chi connectivity index (χ3n) is 25.6. The zero-order valence-electron chi connectivity index (χ0n) is 79.1. The number of anilines is 10. The molecule has 0 saturated carbocycles. The standard InChI is InChI=1S/2C20H22N8.3C19H22N8S/c1-27-13-15(10-23-27)17-12-24-28-19(25-16-5-3-7-22-11-16)8-18(26-20(17)28)14-4-2-6-21-9-14;1-27-13-15(11-23-27)16-12-24-28-19(26-18-6-2-3-8-22-18)9-17(25-20(16)28)14-5-4-7-21-10-14;3*1-12-6-18(28-25-12)24-17-7-16(13-4-3-5-20-8-13)23-19-15(10-22-27(17)19)14-9-21-26(2)11-14/h3,5,7-8,10-14,21,25H,2,4,6,9H2,1H3;2-3,6,8-9,11-14,21H,4-5,7,10H2,1H3,(H,22,26);3*6-7,9-11,13,20,24H,3-5,8H2,1-2H3. The van der Waals surface area contributed by atoms with E-state index in [1.807, 2.05) is 220 Å². The topological polar surface area (TPSA) is 425 Å². The molecule has 20 aromatic rings. The van der Waals surface area contributed by atoms with Gasteiger partial charge < -0.3 is 53.2 Å². The summed E-state index contributed by atoms with van der Waals surface area (Å²) in [5.41, 5.74) is 23.6. The first-order valence-electron chi connectivity index (χ1n) is 47.5. The second kappa shape index (κ2) is 41.4. The highest BCUT2D eigenvalue weighted by Gasteiger charge is 2.29. The van der Waals surface area contributed by atoms with Crippen molar-refractivity contribution in [1.82, 2.24) is 172 Å². The van der Waals surface area contributed by atoms with Gasteiger partial charge in [0, 0.05) is 227 Å². The summed E-state index contributed by atoms with van der Waals surface area (Å²) in [6.45, 7) is 16.2. The van der Waals surface area contributed by atoms with E-state index in [1.165, 1.54) is 53.9 Å². The van der Waals surface area contributed by atoms with Crippen LogP contribution in [0.3, 0.4) is 0 Å². The van der Waals surface area contributed by atoms with E-state index >= 15 is 0 Å². The van der Waals surface area contributed by atoms with Crippen LogP contribution in [0.5, 0.6) is 0 Å². The zero-order valence-corrected chi connectivity index (χ0v) is 81.5.